The van der Waals surface area contributed by atoms with Gasteiger partial charge in [-0.2, -0.15) is 0 Å². The molecule has 0 heterocycles. The maximum atomic E-state index is 12.8. The van der Waals surface area contributed by atoms with Crippen LogP contribution in [-0.4, -0.2) is 98.2 Å². The molecule has 1 rings (SSSR count). The summed E-state index contributed by atoms with van der Waals surface area (Å²) in [7, 11) is 0.997. The number of esters is 2. The van der Waals surface area contributed by atoms with Crippen molar-refractivity contribution in [3.8, 4) is 0 Å². The average molecular weight is 884 g/mol. The fourth-order valence-corrected chi connectivity index (χ4v) is 7.89. The topological polar surface area (TPSA) is 169 Å². The number of aliphatic hydroxyl groups excluding tert-OH is 2. The second kappa shape index (κ2) is 35.2. The predicted octanol–water partition coefficient (Wildman–Crippen LogP) is 9.65. The van der Waals surface area contributed by atoms with Crippen molar-refractivity contribution >= 4 is 25.5 Å². The van der Waals surface area contributed by atoms with Crippen molar-refractivity contribution in [3.63, 3.8) is 0 Å². The quantitative estimate of drug-likeness (QED) is 0.0198. The van der Waals surface area contributed by atoms with Crippen LogP contribution in [0, 0.1) is 11.8 Å². The van der Waals surface area contributed by atoms with E-state index >= 15 is 0 Å². The van der Waals surface area contributed by atoms with E-state index in [-0.39, 0.29) is 50.1 Å². The normalized spacial score (nSPS) is 19.3. The number of quaternary nitrogens is 1. The number of carbonyl (C=O) groups is 3. The number of rotatable bonds is 39. The van der Waals surface area contributed by atoms with Gasteiger partial charge in [-0.25, -0.2) is 0 Å². The molecule has 0 amide bonds. The molecule has 0 radical (unpaired) electrons. The van der Waals surface area contributed by atoms with E-state index in [0.717, 1.165) is 44.9 Å². The highest BCUT2D eigenvalue weighted by molar-refractivity contribution is 7.45. The standard InChI is InChI=1S/C48H86NO11P/c1-6-8-10-11-12-13-14-15-16-17-18-19-20-21-22-23-28-32-47(53)57-39-42(40-59-61(55,56)58-37-36-49(3,4)5)60-48(54)33-29-25-24-27-31-43-44(46(52)38-45(43)51)35-34-41(50)30-26-9-7-2/h15-16,24,27,34-35,41-44,46,50,52H,6-14,17-23,25-26,28-33,36-40H2,1-5H3/b16-15-,27-24-,35-34+/t41-,42+,43+,44+,46+/m0/s1. The highest BCUT2D eigenvalue weighted by Gasteiger charge is 2.39. The number of likely N-dealkylation sites (N-methyl/N-ethyl adjacent to an activating group) is 1. The van der Waals surface area contributed by atoms with Gasteiger partial charge < -0.3 is 38.1 Å². The van der Waals surface area contributed by atoms with Gasteiger partial charge in [0.2, 0.25) is 0 Å². The van der Waals surface area contributed by atoms with Crippen molar-refractivity contribution < 1.29 is 57.1 Å². The number of phosphoric acid groups is 1. The van der Waals surface area contributed by atoms with E-state index < -0.39 is 44.7 Å². The molecule has 0 aromatic rings. The zero-order valence-electron chi connectivity index (χ0n) is 38.8. The van der Waals surface area contributed by atoms with Crippen LogP contribution in [0.4, 0.5) is 0 Å². The zero-order valence-corrected chi connectivity index (χ0v) is 39.7. The highest BCUT2D eigenvalue weighted by atomic mass is 31.2. The van der Waals surface area contributed by atoms with Crippen molar-refractivity contribution in [1.29, 1.82) is 0 Å². The number of hydrogen-bond donors (Lipinski definition) is 2. The molecule has 0 aromatic heterocycles. The lowest BCUT2D eigenvalue weighted by molar-refractivity contribution is -0.870. The van der Waals surface area contributed by atoms with Crippen LogP contribution in [0.15, 0.2) is 36.5 Å². The Labute approximate surface area is 370 Å². The van der Waals surface area contributed by atoms with Crippen LogP contribution in [0.25, 0.3) is 0 Å². The molecule has 0 spiro atoms. The van der Waals surface area contributed by atoms with Gasteiger partial charge in [0.25, 0.3) is 7.82 Å². The number of unbranched alkanes of at least 4 members (excludes halogenated alkanes) is 16. The first-order chi connectivity index (χ1) is 29.2. The molecule has 1 saturated carbocycles. The van der Waals surface area contributed by atoms with E-state index in [1.54, 1.807) is 12.2 Å². The fourth-order valence-electron chi connectivity index (χ4n) is 7.16. The Kier molecular flexibility index (Phi) is 32.8. The van der Waals surface area contributed by atoms with Gasteiger partial charge in [-0.3, -0.25) is 18.9 Å². The minimum absolute atomic E-state index is 0.00961. The Morgan fingerprint density at radius 1 is 0.770 bits per heavy atom. The highest BCUT2D eigenvalue weighted by Crippen LogP contribution is 2.38. The van der Waals surface area contributed by atoms with Crippen molar-refractivity contribution in [1.82, 2.24) is 0 Å². The van der Waals surface area contributed by atoms with Gasteiger partial charge in [0.15, 0.2) is 6.10 Å². The minimum atomic E-state index is -4.70. The smallest absolute Gasteiger partial charge is 0.306 e. The lowest BCUT2D eigenvalue weighted by Crippen LogP contribution is -2.37. The molecule has 354 valence electrons. The second-order valence-corrected chi connectivity index (χ2v) is 19.3. The van der Waals surface area contributed by atoms with Gasteiger partial charge in [-0.05, 0) is 57.8 Å². The van der Waals surface area contributed by atoms with E-state index in [2.05, 4.69) is 26.0 Å². The van der Waals surface area contributed by atoms with E-state index in [9.17, 15) is 34.1 Å². The van der Waals surface area contributed by atoms with E-state index in [4.69, 9.17) is 18.5 Å². The summed E-state index contributed by atoms with van der Waals surface area (Å²) in [6.07, 6.45) is 32.5. The third-order valence-corrected chi connectivity index (χ3v) is 12.0. The first kappa shape index (κ1) is 56.8. The summed E-state index contributed by atoms with van der Waals surface area (Å²) < 4.78 is 33.9. The lowest BCUT2D eigenvalue weighted by atomic mass is 9.90. The summed E-state index contributed by atoms with van der Waals surface area (Å²) in [6.45, 7) is 3.80. The number of ketones is 1. The summed E-state index contributed by atoms with van der Waals surface area (Å²) in [4.78, 5) is 50.4. The molecule has 12 nitrogen and oxygen atoms in total. The number of nitrogens with zero attached hydrogens (tertiary/aromatic N) is 1. The molecule has 0 aromatic carbocycles. The molecule has 2 N–H and O–H groups in total. The van der Waals surface area contributed by atoms with Gasteiger partial charge in [-0.1, -0.05) is 134 Å². The van der Waals surface area contributed by atoms with Crippen molar-refractivity contribution in [3.05, 3.63) is 36.5 Å². The Morgan fingerprint density at radius 2 is 1.33 bits per heavy atom. The van der Waals surface area contributed by atoms with Crippen molar-refractivity contribution in [2.75, 3.05) is 47.5 Å². The number of aliphatic hydroxyl groups is 2. The molecule has 6 atom stereocenters. The molecular formula is C48H86NO11P. The van der Waals surface area contributed by atoms with Crippen LogP contribution in [0.1, 0.15) is 174 Å². The Hall–Kier alpha value is -2.18. The molecule has 13 heteroatoms. The molecular weight excluding hydrogens is 797 g/mol. The molecule has 0 aliphatic heterocycles. The summed E-state index contributed by atoms with van der Waals surface area (Å²) in [5, 5.41) is 20.7. The van der Waals surface area contributed by atoms with E-state index in [1.165, 1.54) is 64.2 Å². The van der Waals surface area contributed by atoms with E-state index in [1.807, 2.05) is 33.3 Å². The Bertz CT molecular complexity index is 1300. The molecule has 1 aliphatic rings. The van der Waals surface area contributed by atoms with Crippen LogP contribution in [0.3, 0.4) is 0 Å². The van der Waals surface area contributed by atoms with Gasteiger partial charge in [-0.15, -0.1) is 0 Å². The summed E-state index contributed by atoms with van der Waals surface area (Å²) >= 11 is 0. The van der Waals surface area contributed by atoms with Crippen LogP contribution >= 0.6 is 7.82 Å². The van der Waals surface area contributed by atoms with Gasteiger partial charge in [0.1, 0.15) is 25.5 Å². The Balaban J connectivity index is 2.47. The van der Waals surface area contributed by atoms with Gasteiger partial charge >= 0.3 is 11.9 Å². The first-order valence-corrected chi connectivity index (χ1v) is 25.3. The minimum Gasteiger partial charge on any atom is -0.756 e. The molecule has 0 saturated heterocycles. The molecule has 1 unspecified atom stereocenters. The largest absolute Gasteiger partial charge is 0.756 e. The van der Waals surface area contributed by atoms with Crippen molar-refractivity contribution in [2.24, 2.45) is 11.8 Å². The zero-order chi connectivity index (χ0) is 45.2. The SMILES string of the molecule is CCCCCCCC/C=C\CCCCCCCCCC(=O)OC[C@H](COP(=O)([O-])OCC[N+](C)(C)C)OC(=O)CCC/C=C\C[C@H]1C(=O)C[C@@H](O)[C@@H]1/C=C/[C@@H](O)CCCCC. The number of carbonyl (C=O) groups excluding carboxylic acids is 3. The summed E-state index contributed by atoms with van der Waals surface area (Å²) in [5.74, 6) is -1.78. The van der Waals surface area contributed by atoms with Gasteiger partial charge in [0.05, 0.1) is 40.0 Å². The van der Waals surface area contributed by atoms with Crippen LogP contribution < -0.4 is 4.89 Å². The lowest BCUT2D eigenvalue weighted by Gasteiger charge is -2.28. The van der Waals surface area contributed by atoms with Crippen molar-refractivity contribution in [2.45, 2.75) is 193 Å². The molecule has 61 heavy (non-hydrogen) atoms. The third-order valence-electron chi connectivity index (χ3n) is 11.0. The Morgan fingerprint density at radius 3 is 1.97 bits per heavy atom. The maximum absolute atomic E-state index is 12.8. The fraction of sp³-hybridized carbons (Fsp3) is 0.812. The second-order valence-electron chi connectivity index (χ2n) is 17.9. The maximum Gasteiger partial charge on any atom is 0.306 e. The summed E-state index contributed by atoms with van der Waals surface area (Å²) in [5.41, 5.74) is 0. The average Bonchev–Trinajstić information content (AvgIpc) is 3.47. The third kappa shape index (κ3) is 32.2. The van der Waals surface area contributed by atoms with Gasteiger partial charge in [0, 0.05) is 31.1 Å². The van der Waals surface area contributed by atoms with Crippen LogP contribution in [0.5, 0.6) is 0 Å². The molecule has 1 fully saturated rings. The number of hydrogen-bond acceptors (Lipinski definition) is 11. The van der Waals surface area contributed by atoms with E-state index in [0.29, 0.717) is 43.1 Å². The first-order valence-electron chi connectivity index (χ1n) is 23.8. The number of phosphoric ester groups is 1. The number of ether oxygens (including phenoxy) is 2. The molecule has 1 aliphatic carbocycles. The number of Topliss-reactive ketones (excluding diaryl/α,β-unsaturated/α-hetero) is 1. The summed E-state index contributed by atoms with van der Waals surface area (Å²) in [6, 6.07) is 0. The van der Waals surface area contributed by atoms with Crippen LogP contribution in [-0.2, 0) is 37.5 Å². The van der Waals surface area contributed by atoms with Crippen LogP contribution in [0.2, 0.25) is 0 Å². The monoisotopic (exact) mass is 884 g/mol. The number of allylic oxidation sites excluding steroid dienone is 4. The molecule has 0 bridgehead atoms. The predicted molar refractivity (Wildman–Crippen MR) is 241 cm³/mol.